The van der Waals surface area contributed by atoms with E-state index in [1.807, 2.05) is 6.07 Å². The molecule has 1 saturated heterocycles. The minimum absolute atomic E-state index is 0.0492. The van der Waals surface area contributed by atoms with Crippen molar-refractivity contribution < 1.29 is 13.5 Å². The zero-order valence-corrected chi connectivity index (χ0v) is 20.5. The van der Waals surface area contributed by atoms with Crippen molar-refractivity contribution in [3.8, 4) is 0 Å². The molecule has 1 aliphatic carbocycles. The molecule has 1 aromatic carbocycles. The van der Waals surface area contributed by atoms with E-state index in [4.69, 9.17) is 5.41 Å². The van der Waals surface area contributed by atoms with Crippen LogP contribution in [0.15, 0.2) is 41.3 Å². The fraction of sp³-hybridized carbons (Fsp3) is 0.364. The van der Waals surface area contributed by atoms with E-state index in [1.165, 1.54) is 12.4 Å². The third-order valence-corrected chi connectivity index (χ3v) is 10.00. The van der Waals surface area contributed by atoms with Crippen LogP contribution in [0.4, 0.5) is 15.9 Å². The van der Waals surface area contributed by atoms with Crippen LogP contribution in [0.2, 0.25) is 0 Å². The Hall–Kier alpha value is -2.34. The van der Waals surface area contributed by atoms with E-state index in [1.54, 1.807) is 32.2 Å². The second kappa shape index (κ2) is 7.59. The second-order valence-electron chi connectivity index (χ2n) is 9.09. The molecule has 2 atom stereocenters. The molecule has 3 heterocycles. The lowest BCUT2D eigenvalue weighted by Crippen LogP contribution is -2.63. The lowest BCUT2D eigenvalue weighted by atomic mass is 9.90. The van der Waals surface area contributed by atoms with E-state index in [0.717, 1.165) is 17.3 Å². The van der Waals surface area contributed by atoms with Crippen molar-refractivity contribution in [2.24, 2.45) is 5.92 Å². The fourth-order valence-corrected chi connectivity index (χ4v) is 7.38. The Labute approximate surface area is 200 Å². The van der Waals surface area contributed by atoms with Crippen LogP contribution in [0, 0.1) is 17.1 Å². The molecule has 174 valence electrons. The summed E-state index contributed by atoms with van der Waals surface area (Å²) in [7, 11) is -3.20. The highest BCUT2D eigenvalue weighted by Crippen LogP contribution is 2.66. The van der Waals surface area contributed by atoms with E-state index in [9.17, 15) is 9.11 Å². The van der Waals surface area contributed by atoms with Crippen LogP contribution in [-0.2, 0) is 5.54 Å². The Morgan fingerprint density at radius 3 is 2.67 bits per heavy atom. The summed E-state index contributed by atoms with van der Waals surface area (Å²) in [5.41, 5.74) is 0.835. The summed E-state index contributed by atoms with van der Waals surface area (Å²) < 4.78 is 37.0. The fourth-order valence-electron chi connectivity index (χ4n) is 4.58. The van der Waals surface area contributed by atoms with Crippen molar-refractivity contribution in [2.45, 2.75) is 37.0 Å². The monoisotopic (exact) mass is 534 g/mol. The number of amidine groups is 1. The van der Waals surface area contributed by atoms with Crippen molar-refractivity contribution in [1.29, 1.82) is 5.41 Å². The Balaban J connectivity index is 1.50. The number of pyridine rings is 1. The summed E-state index contributed by atoms with van der Waals surface area (Å²) >= 11 is 3.38. The van der Waals surface area contributed by atoms with Gasteiger partial charge in [0.25, 0.3) is 0 Å². The summed E-state index contributed by atoms with van der Waals surface area (Å²) in [5, 5.41) is 14.9. The molecular weight excluding hydrogens is 511 g/mol. The number of halogens is 2. The molecule has 0 amide bonds. The third kappa shape index (κ3) is 3.67. The highest BCUT2D eigenvalue weighted by atomic mass is 79.9. The van der Waals surface area contributed by atoms with Crippen molar-refractivity contribution in [2.75, 3.05) is 11.1 Å². The van der Waals surface area contributed by atoms with Gasteiger partial charge in [0.2, 0.25) is 0 Å². The molecule has 1 saturated carbocycles. The van der Waals surface area contributed by atoms with Crippen molar-refractivity contribution >= 4 is 54.9 Å². The largest absolute Gasteiger partial charge is 0.361 e. The van der Waals surface area contributed by atoms with Gasteiger partial charge in [-0.2, -0.15) is 10.6 Å². The van der Waals surface area contributed by atoms with Gasteiger partial charge in [0.05, 0.1) is 16.8 Å². The van der Waals surface area contributed by atoms with Crippen LogP contribution in [0.25, 0.3) is 11.0 Å². The van der Waals surface area contributed by atoms with Gasteiger partial charge in [0, 0.05) is 21.9 Å². The first-order valence-corrected chi connectivity index (χ1v) is 13.0. The summed E-state index contributed by atoms with van der Waals surface area (Å²) in [4.78, 5) is 12.9. The van der Waals surface area contributed by atoms with E-state index < -0.39 is 26.7 Å². The molecule has 11 heteroatoms. The maximum Gasteiger partial charge on any atom is 0.160 e. The van der Waals surface area contributed by atoms with Crippen LogP contribution in [0.1, 0.15) is 32.3 Å². The van der Waals surface area contributed by atoms with Crippen molar-refractivity contribution in [3.63, 3.8) is 0 Å². The lowest BCUT2D eigenvalue weighted by molar-refractivity contribution is 0.368. The predicted octanol–water partition coefficient (Wildman–Crippen LogP) is 5.38. The molecule has 8 nitrogen and oxygen atoms in total. The minimum atomic E-state index is -3.20. The van der Waals surface area contributed by atoms with Crippen LogP contribution in [0.5, 0.6) is 0 Å². The van der Waals surface area contributed by atoms with E-state index in [-0.39, 0.29) is 23.1 Å². The number of rotatable bonds is 4. The molecule has 0 spiro atoms. The topological polar surface area (TPSA) is 127 Å². The first-order chi connectivity index (χ1) is 15.5. The Bertz CT molecular complexity index is 1290. The molecule has 5 rings (SSSR count). The van der Waals surface area contributed by atoms with Crippen molar-refractivity contribution in [3.05, 3.63) is 52.6 Å². The van der Waals surface area contributed by atoms with Gasteiger partial charge >= 0.3 is 0 Å². The Morgan fingerprint density at radius 1 is 1.21 bits per heavy atom. The van der Waals surface area contributed by atoms with Crippen LogP contribution >= 0.6 is 26.5 Å². The van der Waals surface area contributed by atoms with E-state index >= 15 is 4.39 Å². The third-order valence-electron chi connectivity index (χ3n) is 6.69. The molecule has 1 aliphatic heterocycles. The maximum atomic E-state index is 15.0. The number of anilines is 2. The highest BCUT2D eigenvalue weighted by molar-refractivity contribution is 9.10. The van der Waals surface area contributed by atoms with Crippen LogP contribution in [-0.4, -0.2) is 40.4 Å². The zero-order chi connectivity index (χ0) is 23.6. The first kappa shape index (κ1) is 22.5. The highest BCUT2D eigenvalue weighted by Gasteiger charge is 2.59. The molecule has 0 unspecified atom stereocenters. The SMILES string of the molecule is C[C@@]1(c2cc(Nc3ncnc4cc(Br)cnc34)ccc2F)CS(O)(O)[C@@](C)(C2CC2)C(=N)N1. The molecule has 5 N–H and O–H groups in total. The average molecular weight is 535 g/mol. The molecule has 0 radical (unpaired) electrons. The van der Waals surface area contributed by atoms with Gasteiger partial charge in [-0.15, -0.1) is 0 Å². The number of hydrogen-bond donors (Lipinski definition) is 5. The quantitative estimate of drug-likeness (QED) is 0.303. The number of nitrogens with one attached hydrogen (secondary N) is 3. The predicted molar refractivity (Wildman–Crippen MR) is 132 cm³/mol. The summed E-state index contributed by atoms with van der Waals surface area (Å²) in [5.74, 6) is -0.00760. The number of nitrogens with zero attached hydrogens (tertiary/aromatic N) is 3. The standard InChI is InChI=1S/C22H24BrFN6O2S/c1-21(10-33(31,32)22(2,12-3-4-12)20(25)30-21)15-8-14(5-6-16(15)24)29-19-18-17(27-11-28-19)7-13(23)9-26-18/h5-9,11-12,31-32H,3-4,10H2,1-2H3,(H2,25,30)(H,27,28,29)/t21-,22-/m0/s1. The van der Waals surface area contributed by atoms with Gasteiger partial charge in [-0.25, -0.2) is 19.3 Å². The number of aromatic nitrogens is 3. The van der Waals surface area contributed by atoms with Gasteiger partial charge < -0.3 is 10.6 Å². The van der Waals surface area contributed by atoms with Gasteiger partial charge in [-0.05, 0) is 72.8 Å². The lowest BCUT2D eigenvalue weighted by Gasteiger charge is -2.58. The van der Waals surface area contributed by atoms with E-state index in [2.05, 4.69) is 41.5 Å². The minimum Gasteiger partial charge on any atom is -0.361 e. The smallest absolute Gasteiger partial charge is 0.160 e. The Morgan fingerprint density at radius 2 is 1.97 bits per heavy atom. The number of benzene rings is 1. The normalized spacial score (nSPS) is 27.8. The van der Waals surface area contributed by atoms with Crippen LogP contribution in [0.3, 0.4) is 0 Å². The first-order valence-electron chi connectivity index (χ1n) is 10.5. The molecule has 2 fully saturated rings. The maximum absolute atomic E-state index is 15.0. The zero-order valence-electron chi connectivity index (χ0n) is 18.1. The molecule has 3 aromatic rings. The van der Waals surface area contributed by atoms with Gasteiger partial charge in [0.15, 0.2) is 5.82 Å². The summed E-state index contributed by atoms with van der Waals surface area (Å²) in [6.45, 7) is 3.43. The van der Waals surface area contributed by atoms with Gasteiger partial charge in [0.1, 0.15) is 28.2 Å². The molecular formula is C22H24BrFN6O2S. The summed E-state index contributed by atoms with van der Waals surface area (Å²) in [6.07, 6.45) is 4.78. The second-order valence-corrected chi connectivity index (χ2v) is 12.5. The van der Waals surface area contributed by atoms with Crippen molar-refractivity contribution in [1.82, 2.24) is 20.3 Å². The molecule has 0 bridgehead atoms. The molecule has 33 heavy (non-hydrogen) atoms. The molecule has 2 aliphatic rings. The Kier molecular flexibility index (Phi) is 5.16. The average Bonchev–Trinajstić information content (AvgIpc) is 3.58. The van der Waals surface area contributed by atoms with Crippen LogP contribution < -0.4 is 10.6 Å². The van der Waals surface area contributed by atoms with Gasteiger partial charge in [-0.1, -0.05) is 0 Å². The number of fused-ring (bicyclic) bond motifs is 1. The van der Waals surface area contributed by atoms with Gasteiger partial charge in [-0.3, -0.25) is 14.5 Å². The number of hydrogen-bond acceptors (Lipinski definition) is 7. The van der Waals surface area contributed by atoms with E-state index in [0.29, 0.717) is 22.5 Å². The summed E-state index contributed by atoms with van der Waals surface area (Å²) in [6, 6.07) is 6.33. The molecule has 2 aromatic heterocycles.